The fourth-order valence-corrected chi connectivity index (χ4v) is 4.55. The number of ether oxygens (including phenoxy) is 1. The third-order valence-corrected chi connectivity index (χ3v) is 6.59. The summed E-state index contributed by atoms with van der Waals surface area (Å²) >= 11 is 0. The Morgan fingerprint density at radius 3 is 2.36 bits per heavy atom. The van der Waals surface area contributed by atoms with Crippen LogP contribution in [0.1, 0.15) is 11.1 Å². The quantitative estimate of drug-likeness (QED) is 0.510. The fraction of sp³-hybridized carbons (Fsp3) is 0.208. The van der Waals surface area contributed by atoms with Crippen LogP contribution in [-0.2, 0) is 30.8 Å². The third kappa shape index (κ3) is 5.94. The van der Waals surface area contributed by atoms with Crippen LogP contribution in [0, 0.1) is 11.3 Å². The number of hydrogen-bond acceptors (Lipinski definition) is 6. The molecule has 170 valence electrons. The van der Waals surface area contributed by atoms with Gasteiger partial charge in [-0.25, -0.2) is 8.42 Å². The molecule has 0 radical (unpaired) electrons. The molecule has 3 aromatic carbocycles. The van der Waals surface area contributed by atoms with E-state index < -0.39 is 27.9 Å². The molecule has 0 aliphatic heterocycles. The van der Waals surface area contributed by atoms with E-state index in [4.69, 9.17) is 5.26 Å². The summed E-state index contributed by atoms with van der Waals surface area (Å²) in [5, 5.41) is 10.6. The molecule has 0 aliphatic rings. The summed E-state index contributed by atoms with van der Waals surface area (Å²) < 4.78 is 33.4. The number of nitrogens with zero attached hydrogens (tertiary/aromatic N) is 2. The molecule has 0 fully saturated rings. The number of nitriles is 1. The minimum absolute atomic E-state index is 0.0226. The summed E-state index contributed by atoms with van der Waals surface area (Å²) in [6.45, 7) is -0.323. The first kappa shape index (κ1) is 23.9. The van der Waals surface area contributed by atoms with Gasteiger partial charge in [0.1, 0.15) is 12.6 Å². The predicted octanol–water partition coefficient (Wildman–Crippen LogP) is 2.23. The van der Waals surface area contributed by atoms with E-state index in [-0.39, 0.29) is 17.9 Å². The van der Waals surface area contributed by atoms with Gasteiger partial charge in [-0.15, -0.1) is 0 Å². The highest BCUT2D eigenvalue weighted by atomic mass is 32.2. The molecule has 3 aromatic rings. The first-order valence-electron chi connectivity index (χ1n) is 10.1. The summed E-state index contributed by atoms with van der Waals surface area (Å²) in [6.07, 6.45) is 0.0306. The molecule has 3 rings (SSSR count). The highest BCUT2D eigenvalue weighted by molar-refractivity contribution is 7.89. The summed E-state index contributed by atoms with van der Waals surface area (Å²) in [4.78, 5) is 25.8. The number of likely N-dealkylation sites (N-methyl/N-ethyl adjacent to an activating group) is 1. The number of fused-ring (bicyclic) bond motifs is 1. The van der Waals surface area contributed by atoms with Crippen LogP contribution in [0.5, 0.6) is 0 Å². The van der Waals surface area contributed by atoms with Gasteiger partial charge in [0.25, 0.3) is 0 Å². The molecule has 0 aliphatic carbocycles. The van der Waals surface area contributed by atoms with Crippen LogP contribution in [-0.4, -0.2) is 51.9 Å². The molecule has 0 aromatic heterocycles. The Balaban J connectivity index is 1.91. The van der Waals surface area contributed by atoms with E-state index in [0.29, 0.717) is 11.1 Å². The molecule has 33 heavy (non-hydrogen) atoms. The Morgan fingerprint density at radius 1 is 1.06 bits per heavy atom. The zero-order chi connectivity index (χ0) is 24.0. The lowest BCUT2D eigenvalue weighted by Gasteiger charge is -2.24. The molecule has 1 unspecified atom stereocenters. The molecule has 1 atom stereocenters. The van der Waals surface area contributed by atoms with Gasteiger partial charge in [0.15, 0.2) is 0 Å². The highest BCUT2D eigenvalue weighted by Gasteiger charge is 2.29. The molecule has 0 spiro atoms. The lowest BCUT2D eigenvalue weighted by Crippen LogP contribution is -2.49. The second kappa shape index (κ2) is 10.3. The number of esters is 1. The van der Waals surface area contributed by atoms with Crippen molar-refractivity contribution in [3.8, 4) is 6.07 Å². The lowest BCUT2D eigenvalue weighted by molar-refractivity contribution is -0.146. The van der Waals surface area contributed by atoms with E-state index in [1.165, 1.54) is 20.2 Å². The topological polar surface area (TPSA) is 117 Å². The second-order valence-corrected chi connectivity index (χ2v) is 9.18. The molecule has 0 saturated heterocycles. The maximum Gasteiger partial charge on any atom is 0.325 e. The van der Waals surface area contributed by atoms with Crippen molar-refractivity contribution in [1.29, 1.82) is 5.26 Å². The summed E-state index contributed by atoms with van der Waals surface area (Å²) in [5.74, 6) is -1.21. The van der Waals surface area contributed by atoms with Gasteiger partial charge in [0, 0.05) is 7.05 Å². The Kier molecular flexibility index (Phi) is 7.43. The number of benzene rings is 3. The van der Waals surface area contributed by atoms with E-state index in [9.17, 15) is 18.0 Å². The molecule has 0 bridgehead atoms. The van der Waals surface area contributed by atoms with Gasteiger partial charge in [0.2, 0.25) is 15.9 Å². The average Bonchev–Trinajstić information content (AvgIpc) is 2.83. The second-order valence-electron chi connectivity index (χ2n) is 7.47. The van der Waals surface area contributed by atoms with E-state index in [1.807, 2.05) is 24.3 Å². The molecule has 1 N–H and O–H groups in total. The standard InChI is InChI=1S/C24H23N3O5S/c1-27(16-23(28)32-2)24(29)22(13-17-7-9-18(15-25)10-8-17)26-33(30,31)21-12-11-19-5-3-4-6-20(19)14-21/h3-12,14,22,26H,13,16H2,1-2H3. The molecule has 0 heterocycles. The Bertz CT molecular complexity index is 1310. The van der Waals surface area contributed by atoms with Gasteiger partial charge >= 0.3 is 5.97 Å². The monoisotopic (exact) mass is 465 g/mol. The average molecular weight is 466 g/mol. The van der Waals surface area contributed by atoms with Gasteiger partial charge in [-0.3, -0.25) is 9.59 Å². The largest absolute Gasteiger partial charge is 0.468 e. The van der Waals surface area contributed by atoms with E-state index in [1.54, 1.807) is 42.5 Å². The molecular weight excluding hydrogens is 442 g/mol. The summed E-state index contributed by atoms with van der Waals surface area (Å²) in [6, 6.07) is 19.4. The summed E-state index contributed by atoms with van der Waals surface area (Å²) in [7, 11) is -1.46. The number of amides is 1. The van der Waals surface area contributed by atoms with Gasteiger partial charge in [-0.2, -0.15) is 9.98 Å². The van der Waals surface area contributed by atoms with Crippen LogP contribution in [0.3, 0.4) is 0 Å². The minimum atomic E-state index is -4.06. The Hall–Kier alpha value is -3.74. The normalized spacial score (nSPS) is 12.0. The zero-order valence-corrected chi connectivity index (χ0v) is 19.0. The first-order valence-corrected chi connectivity index (χ1v) is 11.5. The van der Waals surface area contributed by atoms with Crippen LogP contribution < -0.4 is 4.72 Å². The number of nitrogens with one attached hydrogen (secondary N) is 1. The third-order valence-electron chi connectivity index (χ3n) is 5.12. The molecule has 0 saturated carbocycles. The maximum absolute atomic E-state index is 13.2. The molecule has 9 heteroatoms. The lowest BCUT2D eigenvalue weighted by atomic mass is 10.0. The van der Waals surface area contributed by atoms with Crippen molar-refractivity contribution >= 4 is 32.7 Å². The minimum Gasteiger partial charge on any atom is -0.468 e. The molecule has 1 amide bonds. The summed E-state index contributed by atoms with van der Waals surface area (Å²) in [5.41, 5.74) is 1.10. The molecule has 8 nitrogen and oxygen atoms in total. The highest BCUT2D eigenvalue weighted by Crippen LogP contribution is 2.20. The number of sulfonamides is 1. The van der Waals surface area contributed by atoms with Crippen molar-refractivity contribution in [2.75, 3.05) is 20.7 Å². The van der Waals surface area contributed by atoms with Gasteiger partial charge in [-0.05, 0) is 47.0 Å². The fourth-order valence-electron chi connectivity index (χ4n) is 3.32. The van der Waals surface area contributed by atoms with Crippen LogP contribution >= 0.6 is 0 Å². The number of carbonyl (C=O) groups excluding carboxylic acids is 2. The van der Waals surface area contributed by atoms with Gasteiger partial charge < -0.3 is 9.64 Å². The van der Waals surface area contributed by atoms with Crippen molar-refractivity contribution < 1.29 is 22.7 Å². The van der Waals surface area contributed by atoms with Crippen molar-refractivity contribution in [2.45, 2.75) is 17.4 Å². The van der Waals surface area contributed by atoms with Crippen LogP contribution in [0.4, 0.5) is 0 Å². The Morgan fingerprint density at radius 2 is 1.73 bits per heavy atom. The Labute approximate surface area is 192 Å². The smallest absolute Gasteiger partial charge is 0.325 e. The predicted molar refractivity (Wildman–Crippen MR) is 123 cm³/mol. The van der Waals surface area contributed by atoms with Crippen LogP contribution in [0.15, 0.2) is 71.6 Å². The van der Waals surface area contributed by atoms with Crippen LogP contribution in [0.25, 0.3) is 10.8 Å². The number of rotatable bonds is 8. The van der Waals surface area contributed by atoms with Gasteiger partial charge in [-0.1, -0.05) is 42.5 Å². The van der Waals surface area contributed by atoms with E-state index >= 15 is 0 Å². The van der Waals surface area contributed by atoms with E-state index in [2.05, 4.69) is 9.46 Å². The van der Waals surface area contributed by atoms with E-state index in [0.717, 1.165) is 15.7 Å². The van der Waals surface area contributed by atoms with Crippen molar-refractivity contribution in [1.82, 2.24) is 9.62 Å². The zero-order valence-electron chi connectivity index (χ0n) is 18.2. The van der Waals surface area contributed by atoms with Crippen molar-refractivity contribution in [3.63, 3.8) is 0 Å². The SMILES string of the molecule is COC(=O)CN(C)C(=O)C(Cc1ccc(C#N)cc1)NS(=O)(=O)c1ccc2ccccc2c1. The van der Waals surface area contributed by atoms with Crippen molar-refractivity contribution in [3.05, 3.63) is 77.9 Å². The number of methoxy groups -OCH3 is 1. The number of carbonyl (C=O) groups is 2. The first-order chi connectivity index (χ1) is 15.7. The van der Waals surface area contributed by atoms with Crippen LogP contribution in [0.2, 0.25) is 0 Å². The van der Waals surface area contributed by atoms with Crippen molar-refractivity contribution in [2.24, 2.45) is 0 Å². The molecular formula is C24H23N3O5S. The van der Waals surface area contributed by atoms with Gasteiger partial charge in [0.05, 0.1) is 23.6 Å². The number of hydrogen-bond donors (Lipinski definition) is 1. The maximum atomic E-state index is 13.2.